The third kappa shape index (κ3) is 2.08. The smallest absolute Gasteiger partial charge is 0.113 e. The molecule has 0 radical (unpaired) electrons. The summed E-state index contributed by atoms with van der Waals surface area (Å²) >= 11 is 1.80. The van der Waals surface area contributed by atoms with Gasteiger partial charge in [0.15, 0.2) is 0 Å². The van der Waals surface area contributed by atoms with Crippen molar-refractivity contribution in [2.24, 2.45) is 5.92 Å². The van der Waals surface area contributed by atoms with E-state index in [4.69, 9.17) is 0 Å². The number of thiazole rings is 1. The van der Waals surface area contributed by atoms with Gasteiger partial charge in [0.1, 0.15) is 5.01 Å². The fraction of sp³-hybridized carbons (Fsp3) is 0.750. The number of rotatable bonds is 6. The van der Waals surface area contributed by atoms with E-state index >= 15 is 0 Å². The maximum atomic E-state index is 4.53. The number of hydrogen-bond acceptors (Lipinski definition) is 3. The van der Waals surface area contributed by atoms with Crippen molar-refractivity contribution in [3.05, 3.63) is 16.6 Å². The van der Waals surface area contributed by atoms with Crippen LogP contribution in [0.3, 0.4) is 0 Å². The molecule has 1 saturated carbocycles. The van der Waals surface area contributed by atoms with E-state index in [1.807, 2.05) is 6.20 Å². The lowest BCUT2D eigenvalue weighted by molar-refractivity contribution is 0.275. The second kappa shape index (κ2) is 4.62. The van der Waals surface area contributed by atoms with Gasteiger partial charge in [-0.1, -0.05) is 13.8 Å². The summed E-state index contributed by atoms with van der Waals surface area (Å²) in [5, 5.41) is 7.13. The van der Waals surface area contributed by atoms with Crippen LogP contribution < -0.4 is 5.32 Å². The lowest BCUT2D eigenvalue weighted by Gasteiger charge is -2.32. The van der Waals surface area contributed by atoms with Gasteiger partial charge in [-0.05, 0) is 38.1 Å². The van der Waals surface area contributed by atoms with E-state index in [-0.39, 0.29) is 5.54 Å². The Morgan fingerprint density at radius 1 is 1.53 bits per heavy atom. The molecule has 1 N–H and O–H groups in total. The molecule has 0 amide bonds. The zero-order valence-electron chi connectivity index (χ0n) is 9.62. The minimum atomic E-state index is 0.185. The fourth-order valence-electron chi connectivity index (χ4n) is 2.33. The van der Waals surface area contributed by atoms with Gasteiger partial charge in [0, 0.05) is 11.6 Å². The van der Waals surface area contributed by atoms with Gasteiger partial charge in [0.05, 0.1) is 5.54 Å². The van der Waals surface area contributed by atoms with E-state index in [0.29, 0.717) is 0 Å². The highest BCUT2D eigenvalue weighted by Crippen LogP contribution is 2.48. The monoisotopic (exact) mass is 224 g/mol. The molecule has 1 unspecified atom stereocenters. The second-order valence-corrected chi connectivity index (χ2v) is 5.26. The summed E-state index contributed by atoms with van der Waals surface area (Å²) in [6, 6.07) is 0. The molecule has 2 nitrogen and oxygen atoms in total. The van der Waals surface area contributed by atoms with Crippen molar-refractivity contribution in [3.8, 4) is 0 Å². The summed E-state index contributed by atoms with van der Waals surface area (Å²) in [5.41, 5.74) is 0.185. The van der Waals surface area contributed by atoms with E-state index in [1.54, 1.807) is 11.3 Å². The normalized spacial score (nSPS) is 20.1. The van der Waals surface area contributed by atoms with Crippen LogP contribution in [0.2, 0.25) is 0 Å². The molecule has 1 aliphatic carbocycles. The maximum absolute atomic E-state index is 4.53. The first-order valence-corrected chi connectivity index (χ1v) is 6.86. The van der Waals surface area contributed by atoms with Crippen LogP contribution in [0.4, 0.5) is 0 Å². The standard InChI is InChI=1S/C12H20N2S/c1-3-7-14-12(4-2,10-5-6-10)11-13-8-9-15-11/h8-10,14H,3-7H2,1-2H3. The van der Waals surface area contributed by atoms with Gasteiger partial charge in [-0.3, -0.25) is 0 Å². The third-order valence-electron chi connectivity index (χ3n) is 3.34. The van der Waals surface area contributed by atoms with Crippen molar-refractivity contribution < 1.29 is 0 Å². The van der Waals surface area contributed by atoms with Gasteiger partial charge in [0.2, 0.25) is 0 Å². The SMILES string of the molecule is CCCNC(CC)(c1nccs1)C1CC1. The molecule has 1 heterocycles. The molecule has 1 aromatic rings. The minimum absolute atomic E-state index is 0.185. The van der Waals surface area contributed by atoms with Crippen molar-refractivity contribution >= 4 is 11.3 Å². The maximum Gasteiger partial charge on any atom is 0.113 e. The van der Waals surface area contributed by atoms with E-state index in [1.165, 1.54) is 24.3 Å². The highest BCUT2D eigenvalue weighted by Gasteiger charge is 2.46. The molecule has 2 rings (SSSR count). The van der Waals surface area contributed by atoms with Crippen LogP contribution in [-0.4, -0.2) is 11.5 Å². The Morgan fingerprint density at radius 2 is 2.33 bits per heavy atom. The Morgan fingerprint density at radius 3 is 2.80 bits per heavy atom. The van der Waals surface area contributed by atoms with E-state index in [0.717, 1.165) is 18.9 Å². The van der Waals surface area contributed by atoms with Gasteiger partial charge >= 0.3 is 0 Å². The highest BCUT2D eigenvalue weighted by atomic mass is 32.1. The average Bonchev–Trinajstić information content (AvgIpc) is 2.96. The van der Waals surface area contributed by atoms with E-state index in [9.17, 15) is 0 Å². The fourth-order valence-corrected chi connectivity index (χ4v) is 3.29. The number of nitrogens with zero attached hydrogens (tertiary/aromatic N) is 1. The van der Waals surface area contributed by atoms with Crippen molar-refractivity contribution in [1.82, 2.24) is 10.3 Å². The Bertz CT molecular complexity index is 293. The molecule has 1 atom stereocenters. The Balaban J connectivity index is 2.20. The van der Waals surface area contributed by atoms with Gasteiger partial charge in [-0.25, -0.2) is 4.98 Å². The zero-order valence-corrected chi connectivity index (χ0v) is 10.4. The van der Waals surface area contributed by atoms with Crippen LogP contribution in [-0.2, 0) is 5.54 Å². The van der Waals surface area contributed by atoms with Crippen molar-refractivity contribution in [3.63, 3.8) is 0 Å². The van der Waals surface area contributed by atoms with Gasteiger partial charge in [-0.15, -0.1) is 11.3 Å². The number of aromatic nitrogens is 1. The second-order valence-electron chi connectivity index (χ2n) is 4.36. The minimum Gasteiger partial charge on any atom is -0.305 e. The molecule has 3 heteroatoms. The number of nitrogens with one attached hydrogen (secondary N) is 1. The molecular weight excluding hydrogens is 204 g/mol. The molecular formula is C12H20N2S. The van der Waals surface area contributed by atoms with Crippen LogP contribution >= 0.6 is 11.3 Å². The molecule has 15 heavy (non-hydrogen) atoms. The average molecular weight is 224 g/mol. The van der Waals surface area contributed by atoms with Gasteiger partial charge in [0.25, 0.3) is 0 Å². The first kappa shape index (κ1) is 11.1. The van der Waals surface area contributed by atoms with Crippen LogP contribution in [0.15, 0.2) is 11.6 Å². The van der Waals surface area contributed by atoms with Gasteiger partial charge in [-0.2, -0.15) is 0 Å². The van der Waals surface area contributed by atoms with Crippen LogP contribution in [0.1, 0.15) is 44.5 Å². The van der Waals surface area contributed by atoms with Gasteiger partial charge < -0.3 is 5.32 Å². The Hall–Kier alpha value is -0.410. The van der Waals surface area contributed by atoms with Crippen LogP contribution in [0.25, 0.3) is 0 Å². The van der Waals surface area contributed by atoms with Crippen molar-refractivity contribution in [2.75, 3.05) is 6.54 Å². The van der Waals surface area contributed by atoms with Crippen molar-refractivity contribution in [1.29, 1.82) is 0 Å². The summed E-state index contributed by atoms with van der Waals surface area (Å²) in [6.45, 7) is 5.61. The third-order valence-corrected chi connectivity index (χ3v) is 4.29. The first-order chi connectivity index (χ1) is 7.33. The molecule has 0 aliphatic heterocycles. The summed E-state index contributed by atoms with van der Waals surface area (Å²) < 4.78 is 0. The Labute approximate surface area is 96.1 Å². The molecule has 1 aromatic heterocycles. The Kier molecular flexibility index (Phi) is 3.42. The van der Waals surface area contributed by atoms with E-state index < -0.39 is 0 Å². The molecule has 0 bridgehead atoms. The summed E-state index contributed by atoms with van der Waals surface area (Å²) in [5.74, 6) is 0.820. The highest BCUT2D eigenvalue weighted by molar-refractivity contribution is 7.09. The van der Waals surface area contributed by atoms with Crippen LogP contribution in [0, 0.1) is 5.92 Å². The lowest BCUT2D eigenvalue weighted by Crippen LogP contribution is -2.44. The molecule has 0 saturated heterocycles. The summed E-state index contributed by atoms with van der Waals surface area (Å²) in [7, 11) is 0. The van der Waals surface area contributed by atoms with Crippen LogP contribution in [0.5, 0.6) is 0 Å². The van der Waals surface area contributed by atoms with Crippen molar-refractivity contribution in [2.45, 2.75) is 45.1 Å². The predicted molar refractivity (Wildman–Crippen MR) is 65.1 cm³/mol. The molecule has 1 aliphatic rings. The largest absolute Gasteiger partial charge is 0.305 e. The predicted octanol–water partition coefficient (Wildman–Crippen LogP) is 3.16. The quantitative estimate of drug-likeness (QED) is 0.803. The lowest BCUT2D eigenvalue weighted by atomic mass is 9.90. The summed E-state index contributed by atoms with van der Waals surface area (Å²) in [4.78, 5) is 4.53. The first-order valence-electron chi connectivity index (χ1n) is 5.98. The topological polar surface area (TPSA) is 24.9 Å². The molecule has 1 fully saturated rings. The molecule has 0 aromatic carbocycles. The molecule has 84 valence electrons. The zero-order chi connectivity index (χ0) is 10.7. The van der Waals surface area contributed by atoms with E-state index in [2.05, 4.69) is 29.5 Å². The number of hydrogen-bond donors (Lipinski definition) is 1. The molecule has 0 spiro atoms. The summed E-state index contributed by atoms with van der Waals surface area (Å²) in [6.07, 6.45) is 7.01.